The fraction of sp³-hybridized carbons (Fsp3) is 0.294. The van der Waals surface area contributed by atoms with Crippen molar-refractivity contribution in [2.75, 3.05) is 20.3 Å². The molecule has 1 N–H and O–H groups in total. The molecule has 2 rings (SSSR count). The van der Waals surface area contributed by atoms with Crippen LogP contribution >= 0.6 is 0 Å². The van der Waals surface area contributed by atoms with Crippen molar-refractivity contribution in [3.05, 3.63) is 47.9 Å². The molecule has 0 saturated carbocycles. The minimum absolute atomic E-state index is 0.0102. The molecule has 2 aromatic rings. The topological polar surface area (TPSA) is 87.0 Å². The summed E-state index contributed by atoms with van der Waals surface area (Å²) in [5.41, 5.74) is 0.747. The zero-order valence-corrected chi connectivity index (χ0v) is 13.9. The number of carbonyl (C=O) groups excluding carboxylic acids is 2. The SMILES string of the molecule is COc1cc(CCNC(=O)COC(=O)c2ccco2)ccc1OC(F)F. The molecule has 0 unspecified atom stereocenters. The van der Waals surface area contributed by atoms with Crippen LogP contribution < -0.4 is 14.8 Å². The fourth-order valence-corrected chi connectivity index (χ4v) is 2.06. The number of esters is 1. The van der Waals surface area contributed by atoms with Crippen molar-refractivity contribution in [2.45, 2.75) is 13.0 Å². The van der Waals surface area contributed by atoms with Crippen LogP contribution in [0.5, 0.6) is 11.5 Å². The van der Waals surface area contributed by atoms with E-state index in [0.717, 1.165) is 5.56 Å². The number of hydrogen-bond acceptors (Lipinski definition) is 6. The lowest BCUT2D eigenvalue weighted by atomic mass is 10.1. The van der Waals surface area contributed by atoms with Crippen molar-refractivity contribution in [1.29, 1.82) is 0 Å². The molecule has 0 atom stereocenters. The number of rotatable bonds is 9. The maximum atomic E-state index is 12.3. The predicted octanol–water partition coefficient (Wildman–Crippen LogP) is 2.41. The van der Waals surface area contributed by atoms with Gasteiger partial charge >= 0.3 is 12.6 Å². The van der Waals surface area contributed by atoms with Crippen LogP contribution in [-0.4, -0.2) is 38.7 Å². The van der Waals surface area contributed by atoms with Crippen LogP contribution in [-0.2, 0) is 16.0 Å². The van der Waals surface area contributed by atoms with Gasteiger partial charge in [-0.1, -0.05) is 6.07 Å². The standard InChI is InChI=1S/C17H17F2NO6/c1-23-14-9-11(4-5-12(14)26-17(18)19)6-7-20-15(21)10-25-16(22)13-3-2-8-24-13/h2-5,8-9,17H,6-7,10H2,1H3,(H,20,21). The van der Waals surface area contributed by atoms with E-state index < -0.39 is 25.1 Å². The molecule has 26 heavy (non-hydrogen) atoms. The molecule has 0 spiro atoms. The minimum atomic E-state index is -2.95. The Hall–Kier alpha value is -3.10. The average molecular weight is 369 g/mol. The van der Waals surface area contributed by atoms with Gasteiger partial charge in [0.05, 0.1) is 13.4 Å². The number of amides is 1. The van der Waals surface area contributed by atoms with Crippen LogP contribution in [0, 0.1) is 0 Å². The molecule has 1 aromatic heterocycles. The van der Waals surface area contributed by atoms with E-state index in [1.165, 1.54) is 31.6 Å². The van der Waals surface area contributed by atoms with Gasteiger partial charge in [0.15, 0.2) is 18.1 Å². The number of ether oxygens (including phenoxy) is 3. The summed E-state index contributed by atoms with van der Waals surface area (Å²) in [6.45, 7) is -3.13. The van der Waals surface area contributed by atoms with Crippen molar-refractivity contribution >= 4 is 11.9 Å². The zero-order chi connectivity index (χ0) is 18.9. The van der Waals surface area contributed by atoms with Crippen LogP contribution in [0.15, 0.2) is 41.0 Å². The van der Waals surface area contributed by atoms with Crippen molar-refractivity contribution in [1.82, 2.24) is 5.32 Å². The third-order valence-corrected chi connectivity index (χ3v) is 3.24. The van der Waals surface area contributed by atoms with Gasteiger partial charge in [0.25, 0.3) is 5.91 Å². The molecule has 0 aliphatic carbocycles. The van der Waals surface area contributed by atoms with Gasteiger partial charge in [0.1, 0.15) is 0 Å². The fourth-order valence-electron chi connectivity index (χ4n) is 2.06. The van der Waals surface area contributed by atoms with Crippen molar-refractivity contribution in [2.24, 2.45) is 0 Å². The second-order valence-corrected chi connectivity index (χ2v) is 5.02. The van der Waals surface area contributed by atoms with Gasteiger partial charge in [-0.2, -0.15) is 8.78 Å². The monoisotopic (exact) mass is 369 g/mol. The van der Waals surface area contributed by atoms with Crippen LogP contribution in [0.4, 0.5) is 8.78 Å². The van der Waals surface area contributed by atoms with Crippen LogP contribution in [0.3, 0.4) is 0 Å². The maximum absolute atomic E-state index is 12.3. The predicted molar refractivity (Wildman–Crippen MR) is 85.3 cm³/mol. The lowest BCUT2D eigenvalue weighted by Gasteiger charge is -2.11. The Kier molecular flexibility index (Phi) is 6.95. The van der Waals surface area contributed by atoms with Crippen molar-refractivity contribution < 1.29 is 37.0 Å². The van der Waals surface area contributed by atoms with Gasteiger partial charge < -0.3 is 23.9 Å². The zero-order valence-electron chi connectivity index (χ0n) is 13.9. The first kappa shape index (κ1) is 19.2. The van der Waals surface area contributed by atoms with E-state index in [9.17, 15) is 18.4 Å². The smallest absolute Gasteiger partial charge is 0.387 e. The Bertz CT molecular complexity index is 733. The van der Waals surface area contributed by atoms with Crippen LogP contribution in [0.25, 0.3) is 0 Å². The number of carbonyl (C=O) groups is 2. The molecular weight excluding hydrogens is 352 g/mol. The quantitative estimate of drug-likeness (QED) is 0.683. The summed E-state index contributed by atoms with van der Waals surface area (Å²) < 4.78 is 43.5. The van der Waals surface area contributed by atoms with E-state index in [-0.39, 0.29) is 23.8 Å². The highest BCUT2D eigenvalue weighted by Gasteiger charge is 2.13. The highest BCUT2D eigenvalue weighted by molar-refractivity contribution is 5.88. The Morgan fingerprint density at radius 1 is 1.23 bits per heavy atom. The van der Waals surface area contributed by atoms with Crippen LogP contribution in [0.2, 0.25) is 0 Å². The summed E-state index contributed by atoms with van der Waals surface area (Å²) in [6, 6.07) is 7.45. The van der Waals surface area contributed by atoms with E-state index >= 15 is 0 Å². The molecule has 0 saturated heterocycles. The molecule has 0 aliphatic heterocycles. The van der Waals surface area contributed by atoms with E-state index in [1.54, 1.807) is 12.1 Å². The third-order valence-electron chi connectivity index (χ3n) is 3.24. The van der Waals surface area contributed by atoms with Crippen molar-refractivity contribution in [3.8, 4) is 11.5 Å². The molecule has 0 radical (unpaired) electrons. The van der Waals surface area contributed by atoms with Gasteiger partial charge in [-0.15, -0.1) is 0 Å². The molecule has 1 heterocycles. The molecule has 0 aliphatic rings. The second kappa shape index (κ2) is 9.40. The first-order valence-electron chi connectivity index (χ1n) is 7.58. The lowest BCUT2D eigenvalue weighted by molar-refractivity contribution is -0.124. The minimum Gasteiger partial charge on any atom is -0.493 e. The number of methoxy groups -OCH3 is 1. The number of alkyl halides is 2. The Labute approximate surface area is 147 Å². The van der Waals surface area contributed by atoms with Gasteiger partial charge in [-0.3, -0.25) is 4.79 Å². The van der Waals surface area contributed by atoms with Crippen molar-refractivity contribution in [3.63, 3.8) is 0 Å². The summed E-state index contributed by atoms with van der Waals surface area (Å²) >= 11 is 0. The Morgan fingerprint density at radius 2 is 2.04 bits per heavy atom. The molecule has 7 nitrogen and oxygen atoms in total. The second-order valence-electron chi connectivity index (χ2n) is 5.02. The number of hydrogen-bond donors (Lipinski definition) is 1. The maximum Gasteiger partial charge on any atom is 0.387 e. The average Bonchev–Trinajstić information content (AvgIpc) is 3.15. The van der Waals surface area contributed by atoms with E-state index in [0.29, 0.717) is 6.42 Å². The Morgan fingerprint density at radius 3 is 2.69 bits per heavy atom. The molecule has 0 fully saturated rings. The van der Waals surface area contributed by atoms with E-state index in [2.05, 4.69) is 10.1 Å². The number of furan rings is 1. The lowest BCUT2D eigenvalue weighted by Crippen LogP contribution is -2.30. The highest BCUT2D eigenvalue weighted by Crippen LogP contribution is 2.29. The number of benzene rings is 1. The van der Waals surface area contributed by atoms with Crippen LogP contribution in [0.1, 0.15) is 16.1 Å². The summed E-state index contributed by atoms with van der Waals surface area (Å²) in [7, 11) is 1.34. The number of halogens is 2. The first-order chi connectivity index (χ1) is 12.5. The molecule has 140 valence electrons. The van der Waals surface area contributed by atoms with Gasteiger partial charge in [-0.25, -0.2) is 4.79 Å². The highest BCUT2D eigenvalue weighted by atomic mass is 19.3. The molecular formula is C17H17F2NO6. The molecule has 9 heteroatoms. The summed E-state index contributed by atoms with van der Waals surface area (Å²) in [5.74, 6) is -1.10. The number of nitrogens with one attached hydrogen (secondary N) is 1. The first-order valence-corrected chi connectivity index (χ1v) is 7.58. The Balaban J connectivity index is 1.76. The van der Waals surface area contributed by atoms with Gasteiger partial charge in [-0.05, 0) is 36.2 Å². The van der Waals surface area contributed by atoms with E-state index in [4.69, 9.17) is 13.9 Å². The summed E-state index contributed by atoms with van der Waals surface area (Å²) in [4.78, 5) is 23.2. The summed E-state index contributed by atoms with van der Waals surface area (Å²) in [6.07, 6.45) is 1.74. The van der Waals surface area contributed by atoms with Gasteiger partial charge in [0, 0.05) is 6.54 Å². The molecule has 1 aromatic carbocycles. The van der Waals surface area contributed by atoms with Gasteiger partial charge in [0.2, 0.25) is 5.76 Å². The largest absolute Gasteiger partial charge is 0.493 e. The van der Waals surface area contributed by atoms with E-state index in [1.807, 2.05) is 0 Å². The third kappa shape index (κ3) is 5.76. The normalized spacial score (nSPS) is 10.5. The summed E-state index contributed by atoms with van der Waals surface area (Å²) in [5, 5.41) is 2.58. The molecule has 1 amide bonds. The molecule has 0 bridgehead atoms.